The lowest BCUT2D eigenvalue weighted by Crippen LogP contribution is -2.22. The van der Waals surface area contributed by atoms with E-state index in [4.69, 9.17) is 11.6 Å². The van der Waals surface area contributed by atoms with E-state index >= 15 is 0 Å². The van der Waals surface area contributed by atoms with Crippen LogP contribution in [0.2, 0.25) is 5.02 Å². The number of anilines is 1. The molecular weight excluding hydrogens is 420 g/mol. The van der Waals surface area contributed by atoms with Crippen molar-refractivity contribution in [3.8, 4) is 0 Å². The molecular formula is C23H17ClN2O3S. The molecule has 1 aliphatic carbocycles. The van der Waals surface area contributed by atoms with E-state index < -0.39 is 10.0 Å². The van der Waals surface area contributed by atoms with Gasteiger partial charge in [-0.05, 0) is 49.4 Å². The number of Topliss-reactive ketones (excluding diaryl/α,β-unsaturated/α-hetero) is 1. The molecule has 0 fully saturated rings. The molecule has 5 nitrogen and oxygen atoms in total. The number of nitrogens with one attached hydrogen (secondary N) is 1. The molecule has 0 aliphatic heterocycles. The van der Waals surface area contributed by atoms with E-state index in [-0.39, 0.29) is 22.1 Å². The molecule has 30 heavy (non-hydrogen) atoms. The third-order valence-corrected chi connectivity index (χ3v) is 6.19. The summed E-state index contributed by atoms with van der Waals surface area (Å²) in [6.45, 7) is 1.97. The third-order valence-electron chi connectivity index (χ3n) is 4.63. The first-order valence-electron chi connectivity index (χ1n) is 9.13. The fraction of sp³-hybridized carbons (Fsp3) is 0.0435. The Balaban J connectivity index is 1.80. The van der Waals surface area contributed by atoms with Crippen LogP contribution in [0.3, 0.4) is 0 Å². The van der Waals surface area contributed by atoms with Crippen LogP contribution in [0, 0.1) is 6.92 Å². The van der Waals surface area contributed by atoms with Crippen molar-refractivity contribution in [1.29, 1.82) is 0 Å². The average molecular weight is 437 g/mol. The summed E-state index contributed by atoms with van der Waals surface area (Å²) in [5, 5.41) is 3.51. The van der Waals surface area contributed by atoms with E-state index in [1.54, 1.807) is 24.3 Å². The summed E-state index contributed by atoms with van der Waals surface area (Å²) in [6.07, 6.45) is 1.47. The van der Waals surface area contributed by atoms with Crippen LogP contribution in [0.1, 0.15) is 21.5 Å². The fourth-order valence-electron chi connectivity index (χ4n) is 3.08. The molecule has 0 heterocycles. The van der Waals surface area contributed by atoms with Crippen LogP contribution in [-0.4, -0.2) is 19.9 Å². The SMILES string of the molecule is Cc1ccc(NC2=CC(=NS(=O)(=O)c3ccc(Cl)cc3)c3ccccc3C2=O)cc1. The van der Waals surface area contributed by atoms with Gasteiger partial charge in [0.05, 0.1) is 16.3 Å². The molecule has 0 saturated heterocycles. The predicted molar refractivity (Wildman–Crippen MR) is 119 cm³/mol. The van der Waals surface area contributed by atoms with Crippen LogP contribution in [0.4, 0.5) is 5.69 Å². The zero-order valence-electron chi connectivity index (χ0n) is 16.0. The minimum atomic E-state index is -3.99. The standard InChI is InChI=1S/C23H17ClN2O3S/c1-15-6-10-17(11-7-15)25-22-14-21(19-4-2-3-5-20(19)23(22)27)26-30(28,29)18-12-8-16(24)9-13-18/h2-14,25H,1H3. The Morgan fingerprint density at radius 2 is 1.50 bits per heavy atom. The molecule has 0 atom stereocenters. The summed E-state index contributed by atoms with van der Waals surface area (Å²) < 4.78 is 29.7. The Kier molecular flexibility index (Phi) is 5.28. The third kappa shape index (κ3) is 4.06. The van der Waals surface area contributed by atoms with Crippen molar-refractivity contribution in [3.05, 3.63) is 106 Å². The van der Waals surface area contributed by atoms with Gasteiger partial charge in [0.2, 0.25) is 5.78 Å². The molecule has 0 aromatic heterocycles. The number of rotatable bonds is 4. The maximum absolute atomic E-state index is 13.0. The minimum absolute atomic E-state index is 0.0234. The Labute approximate surface area is 179 Å². The second kappa shape index (κ2) is 7.89. The molecule has 3 aromatic carbocycles. The van der Waals surface area contributed by atoms with Crippen molar-refractivity contribution >= 4 is 38.8 Å². The monoisotopic (exact) mass is 436 g/mol. The Morgan fingerprint density at radius 1 is 0.867 bits per heavy atom. The maximum Gasteiger partial charge on any atom is 0.282 e. The number of halogens is 1. The van der Waals surface area contributed by atoms with Crippen molar-refractivity contribution in [2.75, 3.05) is 5.32 Å². The van der Waals surface area contributed by atoms with Gasteiger partial charge in [0.1, 0.15) is 0 Å². The van der Waals surface area contributed by atoms with Gasteiger partial charge in [0.25, 0.3) is 10.0 Å². The normalized spacial score (nSPS) is 14.9. The van der Waals surface area contributed by atoms with Crippen molar-refractivity contribution in [2.24, 2.45) is 4.40 Å². The van der Waals surface area contributed by atoms with E-state index in [0.717, 1.165) is 11.3 Å². The first kappa shape index (κ1) is 20.1. The molecule has 0 bridgehead atoms. The van der Waals surface area contributed by atoms with Gasteiger partial charge in [0, 0.05) is 21.8 Å². The fourth-order valence-corrected chi connectivity index (χ4v) is 4.20. The molecule has 0 saturated carbocycles. The summed E-state index contributed by atoms with van der Waals surface area (Å²) in [7, 11) is -3.99. The Hall–Kier alpha value is -3.22. The Morgan fingerprint density at radius 3 is 2.17 bits per heavy atom. The van der Waals surface area contributed by atoms with Gasteiger partial charge in [-0.15, -0.1) is 0 Å². The number of fused-ring (bicyclic) bond motifs is 1. The molecule has 3 aromatic rings. The lowest BCUT2D eigenvalue weighted by atomic mass is 9.92. The molecule has 1 N–H and O–H groups in total. The van der Waals surface area contributed by atoms with Crippen LogP contribution in [0.5, 0.6) is 0 Å². The number of nitrogens with zero attached hydrogens (tertiary/aromatic N) is 1. The van der Waals surface area contributed by atoms with Crippen LogP contribution >= 0.6 is 11.6 Å². The second-order valence-electron chi connectivity index (χ2n) is 6.83. The number of aryl methyl sites for hydroxylation is 1. The maximum atomic E-state index is 13.0. The summed E-state index contributed by atoms with van der Waals surface area (Å²) >= 11 is 5.86. The number of carbonyl (C=O) groups is 1. The van der Waals surface area contributed by atoms with Crippen molar-refractivity contribution in [3.63, 3.8) is 0 Å². The minimum Gasteiger partial charge on any atom is -0.352 e. The number of hydrogen-bond acceptors (Lipinski definition) is 4. The first-order valence-corrected chi connectivity index (χ1v) is 11.0. The number of benzene rings is 3. The van der Waals surface area contributed by atoms with Gasteiger partial charge in [0.15, 0.2) is 0 Å². The first-order chi connectivity index (χ1) is 14.3. The molecule has 0 spiro atoms. The highest BCUT2D eigenvalue weighted by atomic mass is 35.5. The number of carbonyl (C=O) groups excluding carboxylic acids is 1. The molecule has 0 amide bonds. The lowest BCUT2D eigenvalue weighted by Gasteiger charge is -2.19. The summed E-state index contributed by atoms with van der Waals surface area (Å²) in [5.74, 6) is -0.228. The van der Waals surface area contributed by atoms with Crippen LogP contribution < -0.4 is 5.32 Å². The second-order valence-corrected chi connectivity index (χ2v) is 8.87. The van der Waals surface area contributed by atoms with Gasteiger partial charge in [-0.2, -0.15) is 12.8 Å². The number of allylic oxidation sites excluding steroid dienone is 2. The van der Waals surface area contributed by atoms with E-state index in [2.05, 4.69) is 9.71 Å². The highest BCUT2D eigenvalue weighted by Crippen LogP contribution is 2.25. The molecule has 150 valence electrons. The molecule has 0 radical (unpaired) electrons. The summed E-state index contributed by atoms with van der Waals surface area (Å²) in [5.41, 5.74) is 3.11. The van der Waals surface area contributed by atoms with Gasteiger partial charge >= 0.3 is 0 Å². The zero-order valence-corrected chi connectivity index (χ0v) is 17.5. The van der Waals surface area contributed by atoms with E-state index in [0.29, 0.717) is 16.1 Å². The van der Waals surface area contributed by atoms with Crippen molar-refractivity contribution in [1.82, 2.24) is 0 Å². The van der Waals surface area contributed by atoms with Crippen LogP contribution in [-0.2, 0) is 10.0 Å². The number of ketones is 1. The van der Waals surface area contributed by atoms with E-state index in [1.807, 2.05) is 31.2 Å². The van der Waals surface area contributed by atoms with Gasteiger partial charge < -0.3 is 5.32 Å². The highest BCUT2D eigenvalue weighted by Gasteiger charge is 2.26. The smallest absolute Gasteiger partial charge is 0.282 e. The van der Waals surface area contributed by atoms with E-state index in [9.17, 15) is 13.2 Å². The van der Waals surface area contributed by atoms with Crippen LogP contribution in [0.25, 0.3) is 0 Å². The van der Waals surface area contributed by atoms with Gasteiger partial charge in [-0.25, -0.2) is 0 Å². The summed E-state index contributed by atoms with van der Waals surface area (Å²) in [6, 6.07) is 20.1. The van der Waals surface area contributed by atoms with Gasteiger partial charge in [-0.3, -0.25) is 4.79 Å². The largest absolute Gasteiger partial charge is 0.352 e. The summed E-state index contributed by atoms with van der Waals surface area (Å²) in [4.78, 5) is 13.0. The highest BCUT2D eigenvalue weighted by molar-refractivity contribution is 7.90. The number of sulfonamides is 1. The topological polar surface area (TPSA) is 75.6 Å². The van der Waals surface area contributed by atoms with Gasteiger partial charge in [-0.1, -0.05) is 53.6 Å². The van der Waals surface area contributed by atoms with Crippen molar-refractivity contribution in [2.45, 2.75) is 11.8 Å². The Bertz CT molecular complexity index is 1290. The molecule has 7 heteroatoms. The van der Waals surface area contributed by atoms with Crippen molar-refractivity contribution < 1.29 is 13.2 Å². The van der Waals surface area contributed by atoms with Crippen LogP contribution in [0.15, 0.2) is 93.9 Å². The molecule has 4 rings (SSSR count). The molecule has 0 unspecified atom stereocenters. The van der Waals surface area contributed by atoms with E-state index in [1.165, 1.54) is 30.3 Å². The molecule has 1 aliphatic rings. The predicted octanol–water partition coefficient (Wildman–Crippen LogP) is 5.02. The quantitative estimate of drug-likeness (QED) is 0.623. The lowest BCUT2D eigenvalue weighted by molar-refractivity contribution is 0.103. The average Bonchev–Trinajstić information content (AvgIpc) is 2.73. The number of hydrogen-bond donors (Lipinski definition) is 1. The zero-order chi connectivity index (χ0) is 21.3.